The Morgan fingerprint density at radius 3 is 2.73 bits per heavy atom. The number of fused-ring (bicyclic) bond motifs is 1. The lowest BCUT2D eigenvalue weighted by Gasteiger charge is -2.35. The van der Waals surface area contributed by atoms with Crippen molar-refractivity contribution in [1.82, 2.24) is 0 Å². The number of rotatable bonds is 1. The molecule has 15 heavy (non-hydrogen) atoms. The quantitative estimate of drug-likeness (QED) is 0.559. The van der Waals surface area contributed by atoms with E-state index in [-0.39, 0.29) is 0 Å². The molecule has 0 nitrogen and oxygen atoms in total. The minimum absolute atomic E-state index is 0.747. The van der Waals surface area contributed by atoms with Gasteiger partial charge in [-0.25, -0.2) is 0 Å². The molecule has 0 bridgehead atoms. The Morgan fingerprint density at radius 2 is 2.07 bits per heavy atom. The summed E-state index contributed by atoms with van der Waals surface area (Å²) < 4.78 is 0. The van der Waals surface area contributed by atoms with Crippen LogP contribution in [-0.4, -0.2) is 0 Å². The first-order chi connectivity index (χ1) is 7.09. The monoisotopic (exact) mass is 204 g/mol. The minimum Gasteiger partial charge on any atom is -0.0847 e. The molecule has 0 aromatic carbocycles. The molecule has 3 aliphatic rings. The van der Waals surface area contributed by atoms with Gasteiger partial charge in [0.15, 0.2) is 0 Å². The molecular formula is C15H24. The van der Waals surface area contributed by atoms with Gasteiger partial charge in [0.2, 0.25) is 0 Å². The number of allylic oxidation sites excluding steroid dienone is 2. The van der Waals surface area contributed by atoms with Crippen LogP contribution in [0.4, 0.5) is 0 Å². The van der Waals surface area contributed by atoms with Gasteiger partial charge in [-0.2, -0.15) is 0 Å². The van der Waals surface area contributed by atoms with Crippen LogP contribution in [0.25, 0.3) is 0 Å². The first-order valence-electron chi connectivity index (χ1n) is 6.75. The molecule has 0 aromatic heterocycles. The third kappa shape index (κ3) is 1.04. The highest BCUT2D eigenvalue weighted by Crippen LogP contribution is 2.77. The summed E-state index contributed by atoms with van der Waals surface area (Å²) in [6.07, 6.45) is 6.91. The zero-order chi connectivity index (χ0) is 10.8. The molecule has 2 unspecified atom stereocenters. The van der Waals surface area contributed by atoms with E-state index in [0.717, 1.165) is 35.0 Å². The van der Waals surface area contributed by atoms with E-state index >= 15 is 0 Å². The van der Waals surface area contributed by atoms with Crippen molar-refractivity contribution in [2.75, 3.05) is 0 Å². The summed E-state index contributed by atoms with van der Waals surface area (Å²) in [5.41, 5.74) is 2.47. The second-order valence-corrected chi connectivity index (χ2v) is 6.65. The summed E-state index contributed by atoms with van der Waals surface area (Å²) in [6.45, 7) is 9.75. The Morgan fingerprint density at radius 1 is 1.33 bits per heavy atom. The van der Waals surface area contributed by atoms with Crippen molar-refractivity contribution in [3.63, 3.8) is 0 Å². The number of hydrogen-bond donors (Lipinski definition) is 0. The minimum atomic E-state index is 0.747. The largest absolute Gasteiger partial charge is 0.0847 e. The molecule has 5 atom stereocenters. The van der Waals surface area contributed by atoms with E-state index in [1.54, 1.807) is 5.57 Å². The molecular weight excluding hydrogens is 180 g/mol. The molecule has 0 amide bonds. The van der Waals surface area contributed by atoms with Crippen LogP contribution >= 0.6 is 0 Å². The Labute approximate surface area is 94.1 Å². The summed E-state index contributed by atoms with van der Waals surface area (Å²) in [4.78, 5) is 0. The maximum atomic E-state index is 2.53. The zero-order valence-corrected chi connectivity index (χ0v) is 10.6. The molecule has 0 saturated heterocycles. The second-order valence-electron chi connectivity index (χ2n) is 6.65. The van der Waals surface area contributed by atoms with Crippen molar-refractivity contribution < 1.29 is 0 Å². The van der Waals surface area contributed by atoms with Crippen molar-refractivity contribution >= 4 is 0 Å². The van der Waals surface area contributed by atoms with E-state index in [1.807, 2.05) is 0 Å². The maximum Gasteiger partial charge on any atom is -0.0104 e. The van der Waals surface area contributed by atoms with Gasteiger partial charge in [0.05, 0.1) is 0 Å². The Balaban J connectivity index is 1.91. The van der Waals surface area contributed by atoms with Crippen LogP contribution in [0.3, 0.4) is 0 Å². The van der Waals surface area contributed by atoms with Gasteiger partial charge in [0.25, 0.3) is 0 Å². The molecule has 84 valence electrons. The molecule has 0 heteroatoms. The van der Waals surface area contributed by atoms with Gasteiger partial charge in [-0.05, 0) is 61.2 Å². The van der Waals surface area contributed by atoms with Crippen LogP contribution in [0, 0.1) is 35.0 Å². The van der Waals surface area contributed by atoms with Crippen LogP contribution in [0.1, 0.15) is 47.0 Å². The maximum absolute atomic E-state index is 2.53. The van der Waals surface area contributed by atoms with Gasteiger partial charge in [0, 0.05) is 0 Å². The normalized spacial score (nSPS) is 52.5. The van der Waals surface area contributed by atoms with E-state index in [9.17, 15) is 0 Å². The fourth-order valence-electron chi connectivity index (χ4n) is 5.05. The van der Waals surface area contributed by atoms with Crippen LogP contribution < -0.4 is 0 Å². The lowest BCUT2D eigenvalue weighted by Crippen LogP contribution is -2.27. The Bertz CT molecular complexity index is 312. The summed E-state index contributed by atoms with van der Waals surface area (Å²) in [5, 5.41) is 0. The third-order valence-corrected chi connectivity index (χ3v) is 5.89. The van der Waals surface area contributed by atoms with Crippen LogP contribution in [0.5, 0.6) is 0 Å². The van der Waals surface area contributed by atoms with Crippen molar-refractivity contribution in [2.45, 2.75) is 47.0 Å². The molecule has 3 rings (SSSR count). The highest BCUT2D eigenvalue weighted by atomic mass is 14.8. The summed E-state index contributed by atoms with van der Waals surface area (Å²) in [6, 6.07) is 0. The molecule has 0 aromatic rings. The fourth-order valence-corrected chi connectivity index (χ4v) is 5.05. The molecule has 0 radical (unpaired) electrons. The predicted molar refractivity (Wildman–Crippen MR) is 64.5 cm³/mol. The van der Waals surface area contributed by atoms with Gasteiger partial charge >= 0.3 is 0 Å². The van der Waals surface area contributed by atoms with Crippen LogP contribution in [0.2, 0.25) is 0 Å². The topological polar surface area (TPSA) is 0 Å². The Kier molecular flexibility index (Phi) is 1.92. The fraction of sp³-hybridized carbons (Fsp3) is 0.867. The Hall–Kier alpha value is -0.260. The lowest BCUT2D eigenvalue weighted by atomic mass is 9.70. The third-order valence-electron chi connectivity index (χ3n) is 5.89. The van der Waals surface area contributed by atoms with Gasteiger partial charge in [-0.3, -0.25) is 0 Å². The second kappa shape index (κ2) is 2.90. The summed E-state index contributed by atoms with van der Waals surface area (Å²) in [7, 11) is 0. The first kappa shape index (κ1) is 9.93. The van der Waals surface area contributed by atoms with Gasteiger partial charge in [0.1, 0.15) is 0 Å². The van der Waals surface area contributed by atoms with Crippen molar-refractivity contribution in [1.29, 1.82) is 0 Å². The van der Waals surface area contributed by atoms with E-state index < -0.39 is 0 Å². The molecule has 0 aliphatic heterocycles. The smallest absolute Gasteiger partial charge is 0.0104 e. The molecule has 2 fully saturated rings. The van der Waals surface area contributed by atoms with Gasteiger partial charge in [-0.15, -0.1) is 0 Å². The van der Waals surface area contributed by atoms with Crippen molar-refractivity contribution in [3.8, 4) is 0 Å². The predicted octanol–water partition coefficient (Wildman–Crippen LogP) is 4.27. The average molecular weight is 204 g/mol. The van der Waals surface area contributed by atoms with E-state index in [4.69, 9.17) is 0 Å². The zero-order valence-electron chi connectivity index (χ0n) is 10.6. The van der Waals surface area contributed by atoms with E-state index in [2.05, 4.69) is 33.8 Å². The standard InChI is InChI=1S/C15H24/c1-9(2)12-6-5-11(4)15-8-7-10(3)13(15)14(12)15/h7,9,11-14H,5-6,8H2,1-4H3/t11-,12+,13?,14-,15?/m1/s1. The molecule has 1 spiro atoms. The first-order valence-corrected chi connectivity index (χ1v) is 6.75. The summed E-state index contributed by atoms with van der Waals surface area (Å²) in [5.74, 6) is 4.96. The van der Waals surface area contributed by atoms with Gasteiger partial charge in [-0.1, -0.05) is 32.4 Å². The molecule has 0 N–H and O–H groups in total. The number of hydrogen-bond acceptors (Lipinski definition) is 0. The van der Waals surface area contributed by atoms with Crippen molar-refractivity contribution in [2.24, 2.45) is 35.0 Å². The van der Waals surface area contributed by atoms with Crippen LogP contribution in [-0.2, 0) is 0 Å². The van der Waals surface area contributed by atoms with Crippen LogP contribution in [0.15, 0.2) is 11.6 Å². The SMILES string of the molecule is CC1=CCC23C1[C@H]2[C@H](C(C)C)CC[C@H]3C. The average Bonchev–Trinajstić information content (AvgIpc) is 2.75. The highest BCUT2D eigenvalue weighted by molar-refractivity contribution is 5.35. The van der Waals surface area contributed by atoms with Gasteiger partial charge < -0.3 is 0 Å². The summed E-state index contributed by atoms with van der Waals surface area (Å²) >= 11 is 0. The van der Waals surface area contributed by atoms with E-state index in [1.165, 1.54) is 19.3 Å². The van der Waals surface area contributed by atoms with E-state index in [0.29, 0.717) is 0 Å². The lowest BCUT2D eigenvalue weighted by molar-refractivity contribution is 0.149. The molecule has 0 heterocycles. The molecule has 3 aliphatic carbocycles. The molecule has 2 saturated carbocycles. The van der Waals surface area contributed by atoms with Crippen molar-refractivity contribution in [3.05, 3.63) is 11.6 Å². The highest BCUT2D eigenvalue weighted by Gasteiger charge is 2.71.